The van der Waals surface area contributed by atoms with Gasteiger partial charge in [0.25, 0.3) is 0 Å². The van der Waals surface area contributed by atoms with Crippen molar-refractivity contribution < 1.29 is 9.52 Å². The summed E-state index contributed by atoms with van der Waals surface area (Å²) in [5, 5.41) is 9.39. The first kappa shape index (κ1) is 9.03. The number of rotatable bonds is 1. The molecule has 0 saturated carbocycles. The molecule has 0 fully saturated rings. The SMILES string of the molecule is Cn1c(-c2ccco2)nc2cc(O)ccc21. The van der Waals surface area contributed by atoms with Gasteiger partial charge in [-0.1, -0.05) is 0 Å². The number of hydrogen-bond donors (Lipinski definition) is 1. The number of imidazole rings is 1. The lowest BCUT2D eigenvalue weighted by molar-refractivity contribution is 0.476. The Bertz CT molecular complexity index is 638. The molecule has 0 radical (unpaired) electrons. The Morgan fingerprint density at radius 3 is 2.94 bits per heavy atom. The summed E-state index contributed by atoms with van der Waals surface area (Å²) in [5.41, 5.74) is 1.72. The molecule has 0 aliphatic rings. The van der Waals surface area contributed by atoms with E-state index in [1.807, 2.05) is 29.8 Å². The highest BCUT2D eigenvalue weighted by Gasteiger charge is 2.11. The molecule has 0 aliphatic heterocycles. The molecule has 2 aromatic heterocycles. The van der Waals surface area contributed by atoms with E-state index in [-0.39, 0.29) is 5.75 Å². The zero-order chi connectivity index (χ0) is 11.1. The Morgan fingerprint density at radius 2 is 2.19 bits per heavy atom. The van der Waals surface area contributed by atoms with Gasteiger partial charge in [-0.05, 0) is 24.3 Å². The fourth-order valence-electron chi connectivity index (χ4n) is 1.81. The summed E-state index contributed by atoms with van der Waals surface area (Å²) in [6, 6.07) is 8.81. The third-order valence-electron chi connectivity index (χ3n) is 2.61. The molecule has 0 atom stereocenters. The van der Waals surface area contributed by atoms with E-state index in [0.717, 1.165) is 22.6 Å². The zero-order valence-electron chi connectivity index (χ0n) is 8.71. The summed E-state index contributed by atoms with van der Waals surface area (Å²) < 4.78 is 7.25. The van der Waals surface area contributed by atoms with Gasteiger partial charge in [0, 0.05) is 13.1 Å². The Kier molecular flexibility index (Phi) is 1.77. The summed E-state index contributed by atoms with van der Waals surface area (Å²) in [7, 11) is 1.92. The first-order valence-corrected chi connectivity index (χ1v) is 4.95. The highest BCUT2D eigenvalue weighted by Crippen LogP contribution is 2.25. The van der Waals surface area contributed by atoms with E-state index >= 15 is 0 Å². The number of nitrogens with zero attached hydrogens (tertiary/aromatic N) is 2. The van der Waals surface area contributed by atoms with Gasteiger partial charge >= 0.3 is 0 Å². The number of aromatic hydroxyl groups is 1. The number of aryl methyl sites for hydroxylation is 1. The second kappa shape index (κ2) is 3.13. The van der Waals surface area contributed by atoms with Crippen molar-refractivity contribution in [1.29, 1.82) is 0 Å². The van der Waals surface area contributed by atoms with Crippen LogP contribution < -0.4 is 0 Å². The normalized spacial score (nSPS) is 11.1. The third kappa shape index (κ3) is 1.20. The lowest BCUT2D eigenvalue weighted by atomic mass is 10.3. The smallest absolute Gasteiger partial charge is 0.176 e. The first-order chi connectivity index (χ1) is 7.75. The second-order valence-corrected chi connectivity index (χ2v) is 3.64. The van der Waals surface area contributed by atoms with Gasteiger partial charge in [-0.25, -0.2) is 4.98 Å². The topological polar surface area (TPSA) is 51.2 Å². The number of furan rings is 1. The molecule has 0 saturated heterocycles. The number of fused-ring (bicyclic) bond motifs is 1. The maximum absolute atomic E-state index is 9.39. The predicted octanol–water partition coefficient (Wildman–Crippen LogP) is 2.54. The maximum Gasteiger partial charge on any atom is 0.176 e. The van der Waals surface area contributed by atoms with E-state index in [4.69, 9.17) is 4.42 Å². The number of phenolic OH excluding ortho intramolecular Hbond substituents is 1. The van der Waals surface area contributed by atoms with Crippen molar-refractivity contribution in [3.63, 3.8) is 0 Å². The molecule has 1 aromatic carbocycles. The van der Waals surface area contributed by atoms with Gasteiger partial charge in [0.2, 0.25) is 0 Å². The van der Waals surface area contributed by atoms with Crippen LogP contribution in [0.1, 0.15) is 0 Å². The minimum atomic E-state index is 0.219. The molecule has 0 amide bonds. The van der Waals surface area contributed by atoms with Crippen molar-refractivity contribution in [2.75, 3.05) is 0 Å². The zero-order valence-corrected chi connectivity index (χ0v) is 8.71. The van der Waals surface area contributed by atoms with Gasteiger partial charge in [0.05, 0.1) is 17.3 Å². The Balaban J connectivity index is 2.31. The van der Waals surface area contributed by atoms with Gasteiger partial charge in [-0.3, -0.25) is 0 Å². The van der Waals surface area contributed by atoms with Gasteiger partial charge in [-0.15, -0.1) is 0 Å². The molecule has 80 valence electrons. The largest absolute Gasteiger partial charge is 0.508 e. The Labute approximate surface area is 91.8 Å². The van der Waals surface area contributed by atoms with E-state index in [2.05, 4.69) is 4.98 Å². The van der Waals surface area contributed by atoms with Crippen LogP contribution in [0.25, 0.3) is 22.6 Å². The molecule has 2 heterocycles. The number of hydrogen-bond acceptors (Lipinski definition) is 3. The van der Waals surface area contributed by atoms with Crippen molar-refractivity contribution in [3.8, 4) is 17.3 Å². The summed E-state index contributed by atoms with van der Waals surface area (Å²) in [4.78, 5) is 4.42. The van der Waals surface area contributed by atoms with Crippen LogP contribution in [0.2, 0.25) is 0 Å². The molecule has 0 unspecified atom stereocenters. The van der Waals surface area contributed by atoms with Crippen LogP contribution in [0.5, 0.6) is 5.75 Å². The van der Waals surface area contributed by atoms with Crippen molar-refractivity contribution in [3.05, 3.63) is 36.6 Å². The van der Waals surface area contributed by atoms with Crippen molar-refractivity contribution in [2.45, 2.75) is 0 Å². The summed E-state index contributed by atoms with van der Waals surface area (Å²) in [6.45, 7) is 0. The fraction of sp³-hybridized carbons (Fsp3) is 0.0833. The summed E-state index contributed by atoms with van der Waals surface area (Å²) in [6.07, 6.45) is 1.62. The minimum Gasteiger partial charge on any atom is -0.508 e. The van der Waals surface area contributed by atoms with E-state index in [0.29, 0.717) is 0 Å². The number of phenols is 1. The van der Waals surface area contributed by atoms with E-state index < -0.39 is 0 Å². The first-order valence-electron chi connectivity index (χ1n) is 4.95. The minimum absolute atomic E-state index is 0.219. The average Bonchev–Trinajstić information content (AvgIpc) is 2.86. The highest BCUT2D eigenvalue weighted by atomic mass is 16.3. The molecule has 3 rings (SSSR count). The second-order valence-electron chi connectivity index (χ2n) is 3.64. The monoisotopic (exact) mass is 214 g/mol. The maximum atomic E-state index is 9.39. The van der Waals surface area contributed by atoms with Crippen LogP contribution in [0, 0.1) is 0 Å². The molecule has 4 nitrogen and oxygen atoms in total. The summed E-state index contributed by atoms with van der Waals surface area (Å²) >= 11 is 0. The molecular weight excluding hydrogens is 204 g/mol. The quantitative estimate of drug-likeness (QED) is 0.677. The fourth-order valence-corrected chi connectivity index (χ4v) is 1.81. The number of benzene rings is 1. The lowest BCUT2D eigenvalue weighted by Crippen LogP contribution is -1.90. The standard InChI is InChI=1S/C12H10N2O2/c1-14-10-5-4-8(15)7-9(10)13-12(14)11-3-2-6-16-11/h2-7,15H,1H3. The van der Waals surface area contributed by atoms with Gasteiger partial charge in [-0.2, -0.15) is 0 Å². The molecule has 4 heteroatoms. The van der Waals surface area contributed by atoms with Crippen LogP contribution in [-0.2, 0) is 7.05 Å². The number of aromatic nitrogens is 2. The van der Waals surface area contributed by atoms with Crippen LogP contribution in [0.3, 0.4) is 0 Å². The van der Waals surface area contributed by atoms with Crippen LogP contribution in [0.4, 0.5) is 0 Å². The van der Waals surface area contributed by atoms with Crippen LogP contribution >= 0.6 is 0 Å². The Hall–Kier alpha value is -2.23. The van der Waals surface area contributed by atoms with Crippen LogP contribution in [0.15, 0.2) is 41.0 Å². The molecule has 1 N–H and O–H groups in total. The molecular formula is C12H10N2O2. The van der Waals surface area contributed by atoms with Crippen LogP contribution in [-0.4, -0.2) is 14.7 Å². The van der Waals surface area contributed by atoms with E-state index in [9.17, 15) is 5.11 Å². The molecule has 0 bridgehead atoms. The van der Waals surface area contributed by atoms with Gasteiger partial charge < -0.3 is 14.1 Å². The molecule has 3 aromatic rings. The van der Waals surface area contributed by atoms with E-state index in [1.165, 1.54) is 0 Å². The van der Waals surface area contributed by atoms with Gasteiger partial charge in [0.1, 0.15) is 5.75 Å². The van der Waals surface area contributed by atoms with Crippen molar-refractivity contribution >= 4 is 11.0 Å². The third-order valence-corrected chi connectivity index (χ3v) is 2.61. The van der Waals surface area contributed by atoms with E-state index in [1.54, 1.807) is 18.4 Å². The molecule has 0 aliphatic carbocycles. The van der Waals surface area contributed by atoms with Crippen molar-refractivity contribution in [2.24, 2.45) is 7.05 Å². The summed E-state index contributed by atoms with van der Waals surface area (Å²) in [5.74, 6) is 1.69. The predicted molar refractivity (Wildman–Crippen MR) is 60.1 cm³/mol. The Morgan fingerprint density at radius 1 is 1.31 bits per heavy atom. The average molecular weight is 214 g/mol. The van der Waals surface area contributed by atoms with Gasteiger partial charge in [0.15, 0.2) is 11.6 Å². The lowest BCUT2D eigenvalue weighted by Gasteiger charge is -1.98. The van der Waals surface area contributed by atoms with Crippen molar-refractivity contribution in [1.82, 2.24) is 9.55 Å². The highest BCUT2D eigenvalue weighted by molar-refractivity contribution is 5.81. The molecule has 16 heavy (non-hydrogen) atoms. The molecule has 0 spiro atoms.